The molecule has 4 heteroatoms. The molecule has 0 aromatic carbocycles. The van der Waals surface area contributed by atoms with Gasteiger partial charge in [-0.3, -0.25) is 9.80 Å². The van der Waals surface area contributed by atoms with Crippen LogP contribution in [-0.2, 0) is 4.74 Å². The SMILES string of the molecule is COCCN1CCN([C@H]2CCN[C@H]2C)CC1. The zero-order valence-corrected chi connectivity index (χ0v) is 10.6. The summed E-state index contributed by atoms with van der Waals surface area (Å²) in [6.45, 7) is 10.3. The lowest BCUT2D eigenvalue weighted by molar-refractivity contribution is 0.0722. The van der Waals surface area contributed by atoms with E-state index in [1.54, 1.807) is 7.11 Å². The highest BCUT2D eigenvalue weighted by Gasteiger charge is 2.30. The monoisotopic (exact) mass is 227 g/mol. The molecule has 0 saturated carbocycles. The molecule has 2 heterocycles. The topological polar surface area (TPSA) is 27.7 Å². The van der Waals surface area contributed by atoms with Gasteiger partial charge in [-0.2, -0.15) is 0 Å². The highest BCUT2D eigenvalue weighted by molar-refractivity contribution is 4.90. The van der Waals surface area contributed by atoms with Gasteiger partial charge in [-0.1, -0.05) is 0 Å². The molecule has 0 bridgehead atoms. The lowest BCUT2D eigenvalue weighted by atomic mass is 10.1. The Balaban J connectivity index is 1.72. The Morgan fingerprint density at radius 3 is 2.56 bits per heavy atom. The fourth-order valence-electron chi connectivity index (χ4n) is 2.88. The highest BCUT2D eigenvalue weighted by atomic mass is 16.5. The molecule has 0 amide bonds. The van der Waals surface area contributed by atoms with Gasteiger partial charge in [0.15, 0.2) is 0 Å². The molecule has 0 spiro atoms. The summed E-state index contributed by atoms with van der Waals surface area (Å²) in [6, 6.07) is 1.44. The van der Waals surface area contributed by atoms with Crippen LogP contribution in [0.4, 0.5) is 0 Å². The van der Waals surface area contributed by atoms with Crippen molar-refractivity contribution in [3.8, 4) is 0 Å². The number of nitrogens with zero attached hydrogens (tertiary/aromatic N) is 2. The van der Waals surface area contributed by atoms with Gasteiger partial charge in [-0.05, 0) is 19.9 Å². The van der Waals surface area contributed by atoms with E-state index in [-0.39, 0.29) is 0 Å². The van der Waals surface area contributed by atoms with E-state index in [1.807, 2.05) is 0 Å². The molecule has 2 aliphatic heterocycles. The first kappa shape index (κ1) is 12.3. The van der Waals surface area contributed by atoms with Crippen molar-refractivity contribution in [2.45, 2.75) is 25.4 Å². The quantitative estimate of drug-likeness (QED) is 0.732. The summed E-state index contributed by atoms with van der Waals surface area (Å²) in [6.07, 6.45) is 1.32. The summed E-state index contributed by atoms with van der Waals surface area (Å²) in [5.74, 6) is 0. The zero-order valence-electron chi connectivity index (χ0n) is 10.6. The molecule has 0 aliphatic carbocycles. The third kappa shape index (κ3) is 2.94. The largest absolute Gasteiger partial charge is 0.383 e. The van der Waals surface area contributed by atoms with E-state index >= 15 is 0 Å². The molecule has 0 aromatic rings. The molecule has 2 saturated heterocycles. The van der Waals surface area contributed by atoms with Crippen LogP contribution >= 0.6 is 0 Å². The van der Waals surface area contributed by atoms with Gasteiger partial charge in [-0.25, -0.2) is 0 Å². The molecule has 4 nitrogen and oxygen atoms in total. The Labute approximate surface area is 98.9 Å². The molecule has 0 radical (unpaired) electrons. The Bertz CT molecular complexity index is 204. The predicted octanol–water partition coefficient (Wildman–Crippen LogP) is 0.000800. The Hall–Kier alpha value is -0.160. The van der Waals surface area contributed by atoms with Gasteiger partial charge in [-0.15, -0.1) is 0 Å². The summed E-state index contributed by atoms with van der Waals surface area (Å²) in [7, 11) is 1.78. The van der Waals surface area contributed by atoms with Crippen LogP contribution in [0.2, 0.25) is 0 Å². The lowest BCUT2D eigenvalue weighted by Gasteiger charge is -2.39. The fraction of sp³-hybridized carbons (Fsp3) is 1.00. The van der Waals surface area contributed by atoms with Gasteiger partial charge in [0.05, 0.1) is 6.61 Å². The van der Waals surface area contributed by atoms with Crippen LogP contribution < -0.4 is 5.32 Å². The highest BCUT2D eigenvalue weighted by Crippen LogP contribution is 2.16. The first-order valence-electron chi connectivity index (χ1n) is 6.50. The summed E-state index contributed by atoms with van der Waals surface area (Å²) in [5, 5.41) is 3.54. The van der Waals surface area contributed by atoms with Gasteiger partial charge < -0.3 is 10.1 Å². The van der Waals surface area contributed by atoms with Crippen molar-refractivity contribution >= 4 is 0 Å². The first-order chi connectivity index (χ1) is 7.81. The number of hydrogen-bond donors (Lipinski definition) is 1. The number of nitrogens with one attached hydrogen (secondary N) is 1. The van der Waals surface area contributed by atoms with Gasteiger partial charge in [0.25, 0.3) is 0 Å². The van der Waals surface area contributed by atoms with Crippen LogP contribution in [0.25, 0.3) is 0 Å². The maximum atomic E-state index is 5.12. The maximum absolute atomic E-state index is 5.12. The second-order valence-electron chi connectivity index (χ2n) is 4.97. The van der Waals surface area contributed by atoms with Crippen molar-refractivity contribution in [2.24, 2.45) is 0 Å². The van der Waals surface area contributed by atoms with Crippen molar-refractivity contribution in [2.75, 3.05) is 53.0 Å². The fourth-order valence-corrected chi connectivity index (χ4v) is 2.88. The molecule has 0 aromatic heterocycles. The van der Waals surface area contributed by atoms with E-state index in [0.717, 1.165) is 19.2 Å². The third-order valence-corrected chi connectivity index (χ3v) is 3.97. The summed E-state index contributed by atoms with van der Waals surface area (Å²) in [4.78, 5) is 5.17. The summed E-state index contributed by atoms with van der Waals surface area (Å²) >= 11 is 0. The second-order valence-corrected chi connectivity index (χ2v) is 4.97. The van der Waals surface area contributed by atoms with Crippen LogP contribution in [0.15, 0.2) is 0 Å². The van der Waals surface area contributed by atoms with E-state index in [2.05, 4.69) is 22.0 Å². The minimum atomic E-state index is 0.672. The van der Waals surface area contributed by atoms with E-state index in [4.69, 9.17) is 4.74 Å². The van der Waals surface area contributed by atoms with Crippen molar-refractivity contribution in [3.05, 3.63) is 0 Å². The number of piperazine rings is 1. The molecular weight excluding hydrogens is 202 g/mol. The Morgan fingerprint density at radius 2 is 2.00 bits per heavy atom. The molecule has 2 aliphatic rings. The molecule has 1 N–H and O–H groups in total. The second kappa shape index (κ2) is 5.96. The van der Waals surface area contributed by atoms with Crippen LogP contribution in [0.1, 0.15) is 13.3 Å². The van der Waals surface area contributed by atoms with E-state index < -0.39 is 0 Å². The standard InChI is InChI=1S/C12H25N3O/c1-11-12(3-4-13-11)15-7-5-14(6-8-15)9-10-16-2/h11-13H,3-10H2,1-2H3/t11-,12-/m0/s1. The van der Waals surface area contributed by atoms with Crippen LogP contribution in [0.5, 0.6) is 0 Å². The van der Waals surface area contributed by atoms with Gasteiger partial charge in [0.2, 0.25) is 0 Å². The van der Waals surface area contributed by atoms with Gasteiger partial charge >= 0.3 is 0 Å². The first-order valence-corrected chi connectivity index (χ1v) is 6.50. The molecule has 2 fully saturated rings. The van der Waals surface area contributed by atoms with Crippen molar-refractivity contribution < 1.29 is 4.74 Å². The maximum Gasteiger partial charge on any atom is 0.0589 e. The van der Waals surface area contributed by atoms with E-state index in [9.17, 15) is 0 Å². The minimum Gasteiger partial charge on any atom is -0.383 e. The molecule has 94 valence electrons. The van der Waals surface area contributed by atoms with Crippen molar-refractivity contribution in [1.29, 1.82) is 0 Å². The molecule has 0 unspecified atom stereocenters. The van der Waals surface area contributed by atoms with E-state index in [0.29, 0.717) is 6.04 Å². The summed E-state index contributed by atoms with van der Waals surface area (Å²) in [5.41, 5.74) is 0. The lowest BCUT2D eigenvalue weighted by Crippen LogP contribution is -2.53. The molecule has 2 atom stereocenters. The summed E-state index contributed by atoms with van der Waals surface area (Å²) < 4.78 is 5.12. The number of methoxy groups -OCH3 is 1. The average Bonchev–Trinajstić information content (AvgIpc) is 2.74. The Kier molecular flexibility index (Phi) is 4.58. The van der Waals surface area contributed by atoms with Crippen LogP contribution in [0, 0.1) is 0 Å². The van der Waals surface area contributed by atoms with Gasteiger partial charge in [0, 0.05) is 51.9 Å². The molecular formula is C12H25N3O. The van der Waals surface area contributed by atoms with Crippen molar-refractivity contribution in [3.63, 3.8) is 0 Å². The van der Waals surface area contributed by atoms with Gasteiger partial charge in [0.1, 0.15) is 0 Å². The predicted molar refractivity (Wildman–Crippen MR) is 65.8 cm³/mol. The van der Waals surface area contributed by atoms with Crippen molar-refractivity contribution in [1.82, 2.24) is 15.1 Å². The molecule has 2 rings (SSSR count). The normalized spacial score (nSPS) is 33.4. The number of ether oxygens (including phenoxy) is 1. The smallest absolute Gasteiger partial charge is 0.0589 e. The van der Waals surface area contributed by atoms with Crippen LogP contribution in [0.3, 0.4) is 0 Å². The van der Waals surface area contributed by atoms with E-state index in [1.165, 1.54) is 39.1 Å². The third-order valence-electron chi connectivity index (χ3n) is 3.97. The van der Waals surface area contributed by atoms with Crippen LogP contribution in [-0.4, -0.2) is 74.9 Å². The Morgan fingerprint density at radius 1 is 1.25 bits per heavy atom. The minimum absolute atomic E-state index is 0.672. The molecule has 16 heavy (non-hydrogen) atoms. The average molecular weight is 227 g/mol. The zero-order chi connectivity index (χ0) is 11.4. The number of rotatable bonds is 4. The number of hydrogen-bond acceptors (Lipinski definition) is 4.